The largest absolute Gasteiger partial charge is 0.354 e. The van der Waals surface area contributed by atoms with Gasteiger partial charge in [-0.2, -0.15) is 0 Å². The zero-order valence-corrected chi connectivity index (χ0v) is 19.0. The van der Waals surface area contributed by atoms with Gasteiger partial charge in [-0.3, -0.25) is 9.89 Å². The number of hydrogen-bond acceptors (Lipinski definition) is 4. The summed E-state index contributed by atoms with van der Waals surface area (Å²) in [5.41, 5.74) is 1.26. The fourth-order valence-corrected chi connectivity index (χ4v) is 4.96. The number of benzene rings is 1. The van der Waals surface area contributed by atoms with Gasteiger partial charge in [0.25, 0.3) is 0 Å². The molecule has 1 fully saturated rings. The van der Waals surface area contributed by atoms with Crippen LogP contribution in [0.15, 0.2) is 35.3 Å². The van der Waals surface area contributed by atoms with Crippen LogP contribution in [-0.4, -0.2) is 63.5 Å². The van der Waals surface area contributed by atoms with Gasteiger partial charge in [-0.25, -0.2) is 8.42 Å². The minimum Gasteiger partial charge on any atom is -0.354 e. The van der Waals surface area contributed by atoms with Crippen LogP contribution in [0, 0.1) is 0 Å². The number of rotatable bonds is 7. The fraction of sp³-hybridized carbons (Fsp3) is 0.611. The highest BCUT2D eigenvalue weighted by Crippen LogP contribution is 2.19. The summed E-state index contributed by atoms with van der Waals surface area (Å²) in [6, 6.07) is 10.6. The van der Waals surface area contributed by atoms with Gasteiger partial charge >= 0.3 is 0 Å². The lowest BCUT2D eigenvalue weighted by Crippen LogP contribution is -2.47. The third kappa shape index (κ3) is 6.70. The van der Waals surface area contributed by atoms with Gasteiger partial charge < -0.3 is 10.6 Å². The number of nitrogens with zero attached hydrogens (tertiary/aromatic N) is 2. The van der Waals surface area contributed by atoms with E-state index in [-0.39, 0.29) is 47.6 Å². The van der Waals surface area contributed by atoms with Crippen molar-refractivity contribution in [2.45, 2.75) is 32.4 Å². The Balaban J connectivity index is 0.00000338. The Morgan fingerprint density at radius 1 is 1.27 bits per heavy atom. The smallest absolute Gasteiger partial charge is 0.191 e. The summed E-state index contributed by atoms with van der Waals surface area (Å²) >= 11 is 0. The van der Waals surface area contributed by atoms with Crippen LogP contribution in [0.2, 0.25) is 0 Å². The molecule has 2 unspecified atom stereocenters. The van der Waals surface area contributed by atoms with E-state index >= 15 is 0 Å². The van der Waals surface area contributed by atoms with Gasteiger partial charge in [0.2, 0.25) is 0 Å². The molecule has 26 heavy (non-hydrogen) atoms. The minimum atomic E-state index is -2.90. The molecule has 1 aromatic carbocycles. The minimum absolute atomic E-state index is 0. The predicted molar refractivity (Wildman–Crippen MR) is 119 cm³/mol. The van der Waals surface area contributed by atoms with Crippen LogP contribution < -0.4 is 10.6 Å². The Kier molecular flexibility index (Phi) is 9.88. The van der Waals surface area contributed by atoms with Crippen molar-refractivity contribution in [3.05, 3.63) is 35.9 Å². The van der Waals surface area contributed by atoms with E-state index in [1.165, 1.54) is 5.56 Å². The molecule has 2 N–H and O–H groups in total. The Labute approximate surface area is 174 Å². The van der Waals surface area contributed by atoms with Crippen LogP contribution in [0.1, 0.15) is 31.9 Å². The highest BCUT2D eigenvalue weighted by molar-refractivity contribution is 14.0. The molecule has 1 heterocycles. The van der Waals surface area contributed by atoms with Crippen LogP contribution in [0.25, 0.3) is 0 Å². The molecule has 0 aromatic heterocycles. The molecule has 0 spiro atoms. The second-order valence-corrected chi connectivity index (χ2v) is 8.57. The van der Waals surface area contributed by atoms with Crippen LogP contribution in [0.5, 0.6) is 0 Å². The monoisotopic (exact) mass is 494 g/mol. The van der Waals surface area contributed by atoms with E-state index in [1.807, 2.05) is 6.07 Å². The zero-order valence-electron chi connectivity index (χ0n) is 15.8. The highest BCUT2D eigenvalue weighted by atomic mass is 127. The topological polar surface area (TPSA) is 73.8 Å². The molecule has 0 saturated carbocycles. The van der Waals surface area contributed by atoms with E-state index < -0.39 is 9.84 Å². The van der Waals surface area contributed by atoms with E-state index in [1.54, 1.807) is 7.05 Å². The zero-order chi connectivity index (χ0) is 18.3. The van der Waals surface area contributed by atoms with Crippen molar-refractivity contribution >= 4 is 39.8 Å². The van der Waals surface area contributed by atoms with Crippen molar-refractivity contribution in [3.63, 3.8) is 0 Å². The Morgan fingerprint density at radius 2 is 1.92 bits per heavy atom. The summed E-state index contributed by atoms with van der Waals surface area (Å²) in [5, 5.41) is 6.62. The van der Waals surface area contributed by atoms with Gasteiger partial charge in [-0.1, -0.05) is 44.2 Å². The number of sulfone groups is 1. The predicted octanol–water partition coefficient (Wildman–Crippen LogP) is 2.04. The first-order valence-electron chi connectivity index (χ1n) is 8.95. The number of halogens is 1. The molecule has 6 nitrogen and oxygen atoms in total. The summed E-state index contributed by atoms with van der Waals surface area (Å²) < 4.78 is 23.2. The molecular weight excluding hydrogens is 463 g/mol. The van der Waals surface area contributed by atoms with Crippen LogP contribution in [0.4, 0.5) is 0 Å². The third-order valence-electron chi connectivity index (χ3n) is 4.70. The molecule has 1 aliphatic rings. The number of nitrogens with one attached hydrogen (secondary N) is 2. The summed E-state index contributed by atoms with van der Waals surface area (Å²) in [6.07, 6.45) is 0.640. The maximum absolute atomic E-state index is 11.6. The number of aliphatic imine (C=N–C) groups is 1. The van der Waals surface area contributed by atoms with E-state index in [0.29, 0.717) is 18.9 Å². The van der Waals surface area contributed by atoms with E-state index in [9.17, 15) is 8.42 Å². The first kappa shape index (κ1) is 23.2. The van der Waals surface area contributed by atoms with Gasteiger partial charge in [0.1, 0.15) is 0 Å². The molecular formula is C18H31IN4O2S. The average Bonchev–Trinajstić information content (AvgIpc) is 2.96. The normalized spacial score (nSPS) is 20.5. The first-order chi connectivity index (χ1) is 12.0. The molecule has 0 amide bonds. The second-order valence-electron chi connectivity index (χ2n) is 6.35. The standard InChI is InChI=1S/C18H30N4O2S.HI/c1-4-22(5-2)17(15-9-7-6-8-10-15)13-20-18(19-3)21-16-11-12-25(23,24)14-16;/h6-10,16-17H,4-5,11-14H2,1-3H3,(H2,19,20,21);1H. The molecule has 1 saturated heterocycles. The first-order valence-corrected chi connectivity index (χ1v) is 10.8. The van der Waals surface area contributed by atoms with Gasteiger partial charge in [0.05, 0.1) is 17.5 Å². The highest BCUT2D eigenvalue weighted by Gasteiger charge is 2.28. The molecule has 148 valence electrons. The molecule has 1 aromatic rings. The quantitative estimate of drug-likeness (QED) is 0.345. The molecule has 1 aliphatic heterocycles. The molecule has 0 aliphatic carbocycles. The SMILES string of the molecule is CCN(CC)C(CNC(=NC)NC1CCS(=O)(=O)C1)c1ccccc1.I. The lowest BCUT2D eigenvalue weighted by atomic mass is 10.1. The van der Waals surface area contributed by atoms with Crippen molar-refractivity contribution in [1.29, 1.82) is 0 Å². The summed E-state index contributed by atoms with van der Waals surface area (Å²) in [5.74, 6) is 1.11. The van der Waals surface area contributed by atoms with Gasteiger partial charge in [0.15, 0.2) is 15.8 Å². The number of guanidine groups is 1. The lowest BCUT2D eigenvalue weighted by molar-refractivity contribution is 0.219. The van der Waals surface area contributed by atoms with Crippen molar-refractivity contribution < 1.29 is 8.42 Å². The van der Waals surface area contributed by atoms with Gasteiger partial charge in [-0.05, 0) is 25.1 Å². The Bertz CT molecular complexity index is 663. The maximum atomic E-state index is 11.6. The molecule has 2 rings (SSSR count). The Hall–Kier alpha value is -0.870. The van der Waals surface area contributed by atoms with E-state index in [2.05, 4.69) is 58.6 Å². The van der Waals surface area contributed by atoms with E-state index in [4.69, 9.17) is 0 Å². The second kappa shape index (κ2) is 11.1. The summed E-state index contributed by atoms with van der Waals surface area (Å²) in [4.78, 5) is 6.66. The van der Waals surface area contributed by atoms with Crippen molar-refractivity contribution in [3.8, 4) is 0 Å². The lowest BCUT2D eigenvalue weighted by Gasteiger charge is -2.31. The van der Waals surface area contributed by atoms with E-state index in [0.717, 1.165) is 13.1 Å². The number of likely N-dealkylation sites (N-methyl/N-ethyl adjacent to an activating group) is 1. The molecule has 0 radical (unpaired) electrons. The summed E-state index contributed by atoms with van der Waals surface area (Å²) in [6.45, 7) is 6.96. The average molecular weight is 494 g/mol. The van der Waals surface area contributed by atoms with Crippen molar-refractivity contribution in [2.75, 3.05) is 38.2 Å². The fourth-order valence-electron chi connectivity index (χ4n) is 3.29. The Morgan fingerprint density at radius 3 is 2.42 bits per heavy atom. The maximum Gasteiger partial charge on any atom is 0.191 e. The van der Waals surface area contributed by atoms with Crippen LogP contribution in [-0.2, 0) is 9.84 Å². The third-order valence-corrected chi connectivity index (χ3v) is 6.47. The van der Waals surface area contributed by atoms with Crippen molar-refractivity contribution in [1.82, 2.24) is 15.5 Å². The summed E-state index contributed by atoms with van der Waals surface area (Å²) in [7, 11) is -1.18. The van der Waals surface area contributed by atoms with Crippen molar-refractivity contribution in [2.24, 2.45) is 4.99 Å². The molecule has 2 atom stereocenters. The van der Waals surface area contributed by atoms with Crippen LogP contribution >= 0.6 is 24.0 Å². The molecule has 0 bridgehead atoms. The number of hydrogen-bond donors (Lipinski definition) is 2. The molecule has 8 heteroatoms. The van der Waals surface area contributed by atoms with Gasteiger partial charge in [0, 0.05) is 19.6 Å². The van der Waals surface area contributed by atoms with Gasteiger partial charge in [-0.15, -0.1) is 24.0 Å². The van der Waals surface area contributed by atoms with Crippen LogP contribution in [0.3, 0.4) is 0 Å².